The standard InChI is InChI=1S/C17H20ClN3O2/c1-12(23-15-9-5-4-8-14(15)18)17(22)20-16-10-11-19-21(16)13-6-2-3-7-13/h4-5,8-13H,2-3,6-7H2,1H3,(H,20,22). The van der Waals surface area contributed by atoms with Crippen LogP contribution in [0.2, 0.25) is 5.02 Å². The Labute approximate surface area is 140 Å². The molecule has 0 aliphatic heterocycles. The van der Waals surface area contributed by atoms with Crippen molar-refractivity contribution in [2.75, 3.05) is 5.32 Å². The second-order valence-electron chi connectivity index (χ2n) is 5.78. The fourth-order valence-corrected chi connectivity index (χ4v) is 3.05. The second-order valence-corrected chi connectivity index (χ2v) is 6.19. The van der Waals surface area contributed by atoms with E-state index < -0.39 is 6.10 Å². The molecule has 0 spiro atoms. The number of halogens is 1. The first kappa shape index (κ1) is 15.9. The number of nitrogens with zero attached hydrogens (tertiary/aromatic N) is 2. The van der Waals surface area contributed by atoms with Crippen molar-refractivity contribution in [2.45, 2.75) is 44.8 Å². The van der Waals surface area contributed by atoms with E-state index in [9.17, 15) is 4.79 Å². The third kappa shape index (κ3) is 3.67. The lowest BCUT2D eigenvalue weighted by atomic mass is 10.2. The van der Waals surface area contributed by atoms with E-state index in [1.54, 1.807) is 25.3 Å². The second kappa shape index (κ2) is 7.04. The average Bonchev–Trinajstić information content (AvgIpc) is 3.20. The molecule has 1 aliphatic rings. The van der Waals surface area contributed by atoms with Crippen molar-refractivity contribution in [1.29, 1.82) is 0 Å². The molecule has 3 rings (SSSR count). The minimum absolute atomic E-state index is 0.218. The van der Waals surface area contributed by atoms with Gasteiger partial charge in [-0.2, -0.15) is 5.10 Å². The Bertz CT molecular complexity index is 680. The zero-order valence-electron chi connectivity index (χ0n) is 13.0. The fraction of sp³-hybridized carbons (Fsp3) is 0.412. The minimum atomic E-state index is -0.651. The van der Waals surface area contributed by atoms with Gasteiger partial charge in [0.05, 0.1) is 17.3 Å². The Morgan fingerprint density at radius 1 is 1.35 bits per heavy atom. The van der Waals surface area contributed by atoms with Gasteiger partial charge in [0.1, 0.15) is 11.6 Å². The van der Waals surface area contributed by atoms with Crippen LogP contribution >= 0.6 is 11.6 Å². The van der Waals surface area contributed by atoms with Crippen molar-refractivity contribution in [3.63, 3.8) is 0 Å². The van der Waals surface area contributed by atoms with Crippen molar-refractivity contribution in [3.8, 4) is 5.75 Å². The van der Waals surface area contributed by atoms with Crippen LogP contribution in [0.1, 0.15) is 38.6 Å². The number of para-hydroxylation sites is 1. The van der Waals surface area contributed by atoms with Crippen molar-refractivity contribution in [2.24, 2.45) is 0 Å². The van der Waals surface area contributed by atoms with Gasteiger partial charge in [0.15, 0.2) is 6.10 Å². The summed E-state index contributed by atoms with van der Waals surface area (Å²) in [6.45, 7) is 1.70. The van der Waals surface area contributed by atoms with Gasteiger partial charge in [-0.15, -0.1) is 0 Å². The van der Waals surface area contributed by atoms with Gasteiger partial charge in [-0.1, -0.05) is 36.6 Å². The Hall–Kier alpha value is -2.01. The maximum atomic E-state index is 12.4. The largest absolute Gasteiger partial charge is 0.479 e. The molecule has 1 N–H and O–H groups in total. The zero-order chi connectivity index (χ0) is 16.2. The molecule has 1 heterocycles. The van der Waals surface area contributed by atoms with Gasteiger partial charge in [0.25, 0.3) is 5.91 Å². The summed E-state index contributed by atoms with van der Waals surface area (Å²) in [5.41, 5.74) is 0. The summed E-state index contributed by atoms with van der Waals surface area (Å²) in [7, 11) is 0. The third-order valence-corrected chi connectivity index (χ3v) is 4.41. The van der Waals surface area contributed by atoms with Gasteiger partial charge in [0.2, 0.25) is 0 Å². The van der Waals surface area contributed by atoms with Gasteiger partial charge < -0.3 is 10.1 Å². The maximum absolute atomic E-state index is 12.4. The lowest BCUT2D eigenvalue weighted by Crippen LogP contribution is -2.31. The van der Waals surface area contributed by atoms with E-state index >= 15 is 0 Å². The summed E-state index contributed by atoms with van der Waals surface area (Å²) in [4.78, 5) is 12.4. The lowest BCUT2D eigenvalue weighted by Gasteiger charge is -2.18. The predicted molar refractivity (Wildman–Crippen MR) is 89.9 cm³/mol. The number of carbonyl (C=O) groups is 1. The highest BCUT2D eigenvalue weighted by atomic mass is 35.5. The van der Waals surface area contributed by atoms with Crippen LogP contribution in [0.4, 0.5) is 5.82 Å². The highest BCUT2D eigenvalue weighted by molar-refractivity contribution is 6.32. The molecule has 1 unspecified atom stereocenters. The molecular weight excluding hydrogens is 314 g/mol. The van der Waals surface area contributed by atoms with Crippen LogP contribution in [0.3, 0.4) is 0 Å². The minimum Gasteiger partial charge on any atom is -0.479 e. The normalized spacial score (nSPS) is 16.3. The molecule has 5 nitrogen and oxygen atoms in total. The zero-order valence-corrected chi connectivity index (χ0v) is 13.8. The molecule has 6 heteroatoms. The summed E-state index contributed by atoms with van der Waals surface area (Å²) in [6.07, 6.45) is 5.70. The molecule has 1 aliphatic carbocycles. The van der Waals surface area contributed by atoms with Crippen molar-refractivity contribution >= 4 is 23.3 Å². The summed E-state index contributed by atoms with van der Waals surface area (Å²) >= 11 is 6.06. The molecule has 0 saturated heterocycles. The van der Waals surface area contributed by atoms with E-state index in [-0.39, 0.29) is 5.91 Å². The number of ether oxygens (including phenoxy) is 1. The van der Waals surface area contributed by atoms with Crippen molar-refractivity contribution in [3.05, 3.63) is 41.6 Å². The van der Waals surface area contributed by atoms with Gasteiger partial charge >= 0.3 is 0 Å². The highest BCUT2D eigenvalue weighted by Crippen LogP contribution is 2.31. The smallest absolute Gasteiger partial charge is 0.266 e. The molecule has 1 saturated carbocycles. The molecule has 23 heavy (non-hydrogen) atoms. The first-order valence-corrected chi connectivity index (χ1v) is 8.28. The number of hydrogen-bond acceptors (Lipinski definition) is 3. The number of amides is 1. The number of anilines is 1. The average molecular weight is 334 g/mol. The Morgan fingerprint density at radius 2 is 2.09 bits per heavy atom. The van der Waals surface area contributed by atoms with Crippen molar-refractivity contribution < 1.29 is 9.53 Å². The lowest BCUT2D eigenvalue weighted by molar-refractivity contribution is -0.122. The molecule has 1 fully saturated rings. The van der Waals surface area contributed by atoms with Crippen LogP contribution in [0.5, 0.6) is 5.75 Å². The van der Waals surface area contributed by atoms with Crippen LogP contribution in [0.25, 0.3) is 0 Å². The van der Waals surface area contributed by atoms with E-state index in [4.69, 9.17) is 16.3 Å². The molecule has 1 aromatic heterocycles. The van der Waals surface area contributed by atoms with E-state index in [2.05, 4.69) is 10.4 Å². The number of rotatable bonds is 5. The molecule has 2 aromatic rings. The fourth-order valence-electron chi connectivity index (χ4n) is 2.87. The van der Waals surface area contributed by atoms with E-state index in [1.807, 2.05) is 22.9 Å². The maximum Gasteiger partial charge on any atom is 0.266 e. The molecule has 0 radical (unpaired) electrons. The van der Waals surface area contributed by atoms with E-state index in [0.29, 0.717) is 16.8 Å². The SMILES string of the molecule is CC(Oc1ccccc1Cl)C(=O)Nc1ccnn1C1CCCC1. The van der Waals surface area contributed by atoms with Gasteiger partial charge in [-0.25, -0.2) is 4.68 Å². The summed E-state index contributed by atoms with van der Waals surface area (Å²) < 4.78 is 7.56. The summed E-state index contributed by atoms with van der Waals surface area (Å²) in [6, 6.07) is 9.31. The van der Waals surface area contributed by atoms with E-state index in [1.165, 1.54) is 12.8 Å². The van der Waals surface area contributed by atoms with Crippen LogP contribution in [-0.4, -0.2) is 21.8 Å². The Kier molecular flexibility index (Phi) is 4.86. The predicted octanol–water partition coefficient (Wildman–Crippen LogP) is 4.06. The highest BCUT2D eigenvalue weighted by Gasteiger charge is 2.22. The van der Waals surface area contributed by atoms with Gasteiger partial charge in [0, 0.05) is 6.07 Å². The molecule has 0 bridgehead atoms. The molecule has 1 amide bonds. The summed E-state index contributed by atoms with van der Waals surface area (Å²) in [5.74, 6) is 1.00. The number of aromatic nitrogens is 2. The van der Waals surface area contributed by atoms with Crippen LogP contribution in [0, 0.1) is 0 Å². The first-order chi connectivity index (χ1) is 11.1. The van der Waals surface area contributed by atoms with Crippen LogP contribution in [-0.2, 0) is 4.79 Å². The van der Waals surface area contributed by atoms with Gasteiger partial charge in [-0.05, 0) is 31.9 Å². The quantitative estimate of drug-likeness (QED) is 0.897. The molecular formula is C17H20ClN3O2. The third-order valence-electron chi connectivity index (χ3n) is 4.10. The molecule has 1 aromatic carbocycles. The first-order valence-electron chi connectivity index (χ1n) is 7.90. The monoisotopic (exact) mass is 333 g/mol. The van der Waals surface area contributed by atoms with E-state index in [0.717, 1.165) is 18.7 Å². The number of benzene rings is 1. The van der Waals surface area contributed by atoms with Crippen LogP contribution < -0.4 is 10.1 Å². The Balaban J connectivity index is 1.65. The molecule has 122 valence electrons. The summed E-state index contributed by atoms with van der Waals surface area (Å²) in [5, 5.41) is 7.74. The van der Waals surface area contributed by atoms with Crippen molar-refractivity contribution in [1.82, 2.24) is 9.78 Å². The van der Waals surface area contributed by atoms with Gasteiger partial charge in [-0.3, -0.25) is 4.79 Å². The number of carbonyl (C=O) groups excluding carboxylic acids is 1. The number of nitrogens with one attached hydrogen (secondary N) is 1. The Morgan fingerprint density at radius 3 is 2.83 bits per heavy atom. The number of hydrogen-bond donors (Lipinski definition) is 1. The van der Waals surface area contributed by atoms with Crippen LogP contribution in [0.15, 0.2) is 36.5 Å². The topological polar surface area (TPSA) is 56.1 Å². The molecule has 1 atom stereocenters.